The van der Waals surface area contributed by atoms with Gasteiger partial charge < -0.3 is 9.67 Å². The summed E-state index contributed by atoms with van der Waals surface area (Å²) in [7, 11) is 1.38. The van der Waals surface area contributed by atoms with Gasteiger partial charge in [-0.25, -0.2) is 14.6 Å². The number of carbonyl (C=O) groups is 1. The van der Waals surface area contributed by atoms with E-state index in [2.05, 4.69) is 4.98 Å². The van der Waals surface area contributed by atoms with Gasteiger partial charge in [0.1, 0.15) is 0 Å². The zero-order valence-electron chi connectivity index (χ0n) is 11.6. The topological polar surface area (TPSA) is 99.1 Å². The number of hydrogen-bond acceptors (Lipinski definition) is 4. The van der Waals surface area contributed by atoms with Crippen LogP contribution < -0.4 is 11.2 Å². The Balaban J connectivity index is 3.05. The van der Waals surface area contributed by atoms with Gasteiger partial charge in [-0.3, -0.25) is 13.9 Å². The second-order valence-electron chi connectivity index (χ2n) is 4.46. The number of carboxylic acids is 1. The molecule has 108 valence electrons. The van der Waals surface area contributed by atoms with Crippen molar-refractivity contribution in [2.45, 2.75) is 33.4 Å². The molecule has 8 heteroatoms. The summed E-state index contributed by atoms with van der Waals surface area (Å²) in [5, 5.41) is 9.17. The maximum atomic E-state index is 12.2. The molecule has 2 heterocycles. The lowest BCUT2D eigenvalue weighted by molar-refractivity contribution is 0.0679. The molecule has 2 aromatic rings. The number of aromatic carboxylic acids is 1. The quantitative estimate of drug-likeness (QED) is 0.851. The molecule has 0 spiro atoms. The van der Waals surface area contributed by atoms with Gasteiger partial charge in [-0.2, -0.15) is 0 Å². The minimum atomic E-state index is -1.22. The van der Waals surface area contributed by atoms with Crippen LogP contribution in [0.5, 0.6) is 0 Å². The summed E-state index contributed by atoms with van der Waals surface area (Å²) >= 11 is 0. The first-order valence-corrected chi connectivity index (χ1v) is 6.37. The van der Waals surface area contributed by atoms with E-state index in [1.54, 1.807) is 6.92 Å². The fraction of sp³-hybridized carbons (Fsp3) is 0.500. The number of fused-ring (bicyclic) bond motifs is 1. The second kappa shape index (κ2) is 4.95. The summed E-state index contributed by atoms with van der Waals surface area (Å²) in [6.45, 7) is 4.28. The Hall–Kier alpha value is -2.38. The van der Waals surface area contributed by atoms with Gasteiger partial charge in [-0.15, -0.1) is 0 Å². The third kappa shape index (κ3) is 1.84. The molecule has 0 aromatic carbocycles. The van der Waals surface area contributed by atoms with Crippen LogP contribution >= 0.6 is 0 Å². The lowest BCUT2D eigenvalue weighted by Crippen LogP contribution is -2.38. The van der Waals surface area contributed by atoms with Gasteiger partial charge in [0.05, 0.1) is 0 Å². The van der Waals surface area contributed by atoms with Crippen molar-refractivity contribution in [2.75, 3.05) is 0 Å². The van der Waals surface area contributed by atoms with Crippen LogP contribution in [-0.2, 0) is 20.1 Å². The largest absolute Gasteiger partial charge is 0.475 e. The second-order valence-corrected chi connectivity index (χ2v) is 4.46. The van der Waals surface area contributed by atoms with Gasteiger partial charge in [0.25, 0.3) is 5.56 Å². The summed E-state index contributed by atoms with van der Waals surface area (Å²) in [6, 6.07) is 0. The van der Waals surface area contributed by atoms with Gasteiger partial charge >= 0.3 is 11.7 Å². The van der Waals surface area contributed by atoms with Crippen molar-refractivity contribution >= 4 is 17.1 Å². The lowest BCUT2D eigenvalue weighted by Gasteiger charge is -2.08. The molecule has 0 amide bonds. The molecule has 20 heavy (non-hydrogen) atoms. The Kier molecular flexibility index (Phi) is 3.47. The number of rotatable bonds is 4. The molecule has 0 aliphatic rings. The summed E-state index contributed by atoms with van der Waals surface area (Å²) in [5.74, 6) is -1.45. The van der Waals surface area contributed by atoms with Crippen molar-refractivity contribution in [1.82, 2.24) is 18.7 Å². The molecule has 0 unspecified atom stereocenters. The SMILES string of the molecule is CCCn1c(=O)n(C)c(=O)c2c1nc(C(=O)O)n2CC. The Bertz CT molecular complexity index is 796. The summed E-state index contributed by atoms with van der Waals surface area (Å²) in [4.78, 5) is 39.5. The Morgan fingerprint density at radius 2 is 1.90 bits per heavy atom. The van der Waals surface area contributed by atoms with E-state index >= 15 is 0 Å². The minimum Gasteiger partial charge on any atom is -0.475 e. The van der Waals surface area contributed by atoms with E-state index in [4.69, 9.17) is 5.11 Å². The van der Waals surface area contributed by atoms with Crippen LogP contribution in [0.25, 0.3) is 11.2 Å². The summed E-state index contributed by atoms with van der Waals surface area (Å²) in [5.41, 5.74) is -0.721. The van der Waals surface area contributed by atoms with Gasteiger partial charge in [-0.1, -0.05) is 6.92 Å². The van der Waals surface area contributed by atoms with E-state index < -0.39 is 17.2 Å². The first kappa shape index (κ1) is 14.0. The third-order valence-electron chi connectivity index (χ3n) is 3.18. The molecule has 2 rings (SSSR count). The van der Waals surface area contributed by atoms with Crippen molar-refractivity contribution in [3.8, 4) is 0 Å². The molecule has 8 nitrogen and oxygen atoms in total. The fourth-order valence-electron chi connectivity index (χ4n) is 2.25. The van der Waals surface area contributed by atoms with Crippen LogP contribution in [0, 0.1) is 0 Å². The molecule has 0 saturated carbocycles. The molecule has 1 N–H and O–H groups in total. The van der Waals surface area contributed by atoms with Crippen LogP contribution in [-0.4, -0.2) is 29.8 Å². The van der Waals surface area contributed by atoms with Crippen molar-refractivity contribution in [3.63, 3.8) is 0 Å². The van der Waals surface area contributed by atoms with E-state index in [1.807, 2.05) is 6.92 Å². The highest BCUT2D eigenvalue weighted by atomic mass is 16.4. The van der Waals surface area contributed by atoms with E-state index in [9.17, 15) is 14.4 Å². The van der Waals surface area contributed by atoms with E-state index in [-0.39, 0.29) is 23.5 Å². The summed E-state index contributed by atoms with van der Waals surface area (Å²) in [6.07, 6.45) is 0.675. The number of hydrogen-bond donors (Lipinski definition) is 1. The zero-order chi connectivity index (χ0) is 15.0. The van der Waals surface area contributed by atoms with Crippen molar-refractivity contribution in [2.24, 2.45) is 7.05 Å². The van der Waals surface area contributed by atoms with Crippen LogP contribution in [0.1, 0.15) is 30.9 Å². The first-order valence-electron chi connectivity index (χ1n) is 6.37. The van der Waals surface area contributed by atoms with Crippen LogP contribution in [0.4, 0.5) is 0 Å². The number of carboxylic acid groups (broad SMARTS) is 1. The minimum absolute atomic E-state index is 0.138. The van der Waals surface area contributed by atoms with Crippen molar-refractivity contribution in [1.29, 1.82) is 0 Å². The predicted octanol–water partition coefficient (Wildman–Crippen LogP) is 0.0248. The lowest BCUT2D eigenvalue weighted by atomic mass is 10.4. The zero-order valence-corrected chi connectivity index (χ0v) is 11.6. The number of aryl methyl sites for hydroxylation is 2. The maximum Gasteiger partial charge on any atom is 0.372 e. The molecule has 0 atom stereocenters. The molecular formula is C12H16N4O4. The van der Waals surface area contributed by atoms with Crippen molar-refractivity contribution in [3.05, 3.63) is 26.7 Å². The predicted molar refractivity (Wildman–Crippen MR) is 72.2 cm³/mol. The smallest absolute Gasteiger partial charge is 0.372 e. The Morgan fingerprint density at radius 1 is 1.25 bits per heavy atom. The number of aromatic nitrogens is 4. The van der Waals surface area contributed by atoms with Gasteiger partial charge in [0.15, 0.2) is 11.2 Å². The molecule has 0 aliphatic carbocycles. The van der Waals surface area contributed by atoms with Crippen LogP contribution in [0.2, 0.25) is 0 Å². The van der Waals surface area contributed by atoms with Gasteiger partial charge in [0, 0.05) is 20.1 Å². The Labute approximate surface area is 113 Å². The van der Waals surface area contributed by atoms with Gasteiger partial charge in [0.2, 0.25) is 5.82 Å². The Morgan fingerprint density at radius 3 is 2.40 bits per heavy atom. The van der Waals surface area contributed by atoms with Crippen molar-refractivity contribution < 1.29 is 9.90 Å². The highest BCUT2D eigenvalue weighted by Crippen LogP contribution is 2.12. The molecule has 0 aliphatic heterocycles. The average Bonchev–Trinajstić information content (AvgIpc) is 2.80. The molecule has 0 fully saturated rings. The molecule has 2 aromatic heterocycles. The first-order chi connectivity index (χ1) is 9.43. The highest BCUT2D eigenvalue weighted by Gasteiger charge is 2.22. The molecule has 0 radical (unpaired) electrons. The van der Waals surface area contributed by atoms with Crippen LogP contribution in [0.15, 0.2) is 9.59 Å². The number of imidazole rings is 1. The summed E-state index contributed by atoms with van der Waals surface area (Å²) < 4.78 is 3.65. The average molecular weight is 280 g/mol. The maximum absolute atomic E-state index is 12.2. The van der Waals surface area contributed by atoms with E-state index in [0.29, 0.717) is 13.0 Å². The number of nitrogens with zero attached hydrogens (tertiary/aromatic N) is 4. The monoisotopic (exact) mass is 280 g/mol. The fourth-order valence-corrected chi connectivity index (χ4v) is 2.25. The highest BCUT2D eigenvalue weighted by molar-refractivity contribution is 5.88. The van der Waals surface area contributed by atoms with Gasteiger partial charge in [-0.05, 0) is 13.3 Å². The third-order valence-corrected chi connectivity index (χ3v) is 3.18. The molecule has 0 saturated heterocycles. The normalized spacial score (nSPS) is 11.2. The van der Waals surface area contributed by atoms with Crippen LogP contribution in [0.3, 0.4) is 0 Å². The molecule has 0 bridgehead atoms. The van der Waals surface area contributed by atoms with E-state index in [0.717, 1.165) is 4.57 Å². The van der Waals surface area contributed by atoms with E-state index in [1.165, 1.54) is 16.2 Å². The molecular weight excluding hydrogens is 264 g/mol. The standard InChI is InChI=1S/C12H16N4O4/c1-4-6-16-8-7(10(17)14(3)12(16)20)15(5-2)9(13-8)11(18)19/h4-6H2,1-3H3,(H,18,19).